The van der Waals surface area contributed by atoms with E-state index in [9.17, 15) is 19.2 Å². The fourth-order valence-electron chi connectivity index (χ4n) is 2.79. The first-order valence-electron chi connectivity index (χ1n) is 8.78. The van der Waals surface area contributed by atoms with Crippen LogP contribution >= 0.6 is 23.4 Å². The molecule has 0 saturated carbocycles. The van der Waals surface area contributed by atoms with Crippen molar-refractivity contribution in [2.45, 2.75) is 19.8 Å². The lowest BCUT2D eigenvalue weighted by molar-refractivity contribution is -0.115. The molecule has 1 saturated heterocycles. The number of hydrogen-bond acceptors (Lipinski definition) is 4. The predicted octanol–water partition coefficient (Wildman–Crippen LogP) is 5.06. The summed E-state index contributed by atoms with van der Waals surface area (Å²) in [5.41, 5.74) is 1.75. The van der Waals surface area contributed by atoms with Crippen LogP contribution in [0.5, 0.6) is 0 Å². The minimum absolute atomic E-state index is 0.127. The molecule has 2 aromatic rings. The van der Waals surface area contributed by atoms with Gasteiger partial charge in [-0.25, -0.2) is 4.39 Å². The van der Waals surface area contributed by atoms with Crippen molar-refractivity contribution in [3.05, 3.63) is 69.5 Å². The molecule has 2 amide bonds. The summed E-state index contributed by atoms with van der Waals surface area (Å²) >= 11 is 6.86. The third-order valence-electron chi connectivity index (χ3n) is 4.33. The van der Waals surface area contributed by atoms with Gasteiger partial charge >= 0.3 is 0 Å². The average Bonchev–Trinajstić information content (AvgIpc) is 3.06. The summed E-state index contributed by atoms with van der Waals surface area (Å²) in [7, 11) is 0. The Bertz CT molecular complexity index is 1040. The van der Waals surface area contributed by atoms with E-state index in [1.165, 1.54) is 17.0 Å². The van der Waals surface area contributed by atoms with Crippen LogP contribution in [0.3, 0.4) is 0 Å². The van der Waals surface area contributed by atoms with Crippen LogP contribution in [0.15, 0.2) is 53.1 Å². The van der Waals surface area contributed by atoms with Crippen molar-refractivity contribution in [3.63, 3.8) is 0 Å². The van der Waals surface area contributed by atoms with Crippen LogP contribution in [0.2, 0.25) is 5.02 Å². The number of thioether (sulfide) groups is 1. The van der Waals surface area contributed by atoms with E-state index in [-0.39, 0.29) is 33.0 Å². The van der Waals surface area contributed by atoms with Gasteiger partial charge in [0.1, 0.15) is 22.5 Å². The topological polar surface area (TPSA) is 73.2 Å². The number of anilines is 2. The summed E-state index contributed by atoms with van der Waals surface area (Å²) in [6.45, 7) is 4.13. The van der Waals surface area contributed by atoms with Gasteiger partial charge in [0.05, 0.1) is 10.8 Å². The maximum Gasteiger partial charge on any atom is 0.269 e. The van der Waals surface area contributed by atoms with E-state index in [1.54, 1.807) is 12.1 Å². The Morgan fingerprint density at radius 2 is 1.97 bits per heavy atom. The number of halogens is 2. The Kier molecular flexibility index (Phi) is 6.26. The third kappa shape index (κ3) is 4.44. The van der Waals surface area contributed by atoms with Crippen LogP contribution in [0.1, 0.15) is 25.3 Å². The number of hydrogen-bond donors (Lipinski definition) is 1. The van der Waals surface area contributed by atoms with Gasteiger partial charge in [0.25, 0.3) is 5.91 Å². The van der Waals surface area contributed by atoms with E-state index in [2.05, 4.69) is 19.2 Å². The molecule has 0 aromatic heterocycles. The van der Waals surface area contributed by atoms with Crippen molar-refractivity contribution in [1.82, 2.24) is 0 Å². The van der Waals surface area contributed by atoms with Crippen LogP contribution in [0, 0.1) is 17.1 Å². The van der Waals surface area contributed by atoms with Crippen LogP contribution < -0.4 is 10.2 Å². The fraction of sp³-hybridized carbons (Fsp3) is 0.190. The quantitative estimate of drug-likeness (QED) is 0.544. The second-order valence-corrected chi connectivity index (χ2v) is 8.01. The first-order chi connectivity index (χ1) is 13.8. The highest BCUT2D eigenvalue weighted by Crippen LogP contribution is 2.36. The fourth-order valence-corrected chi connectivity index (χ4v) is 3.98. The number of carbonyl (C=O) groups excluding carboxylic acids is 2. The molecule has 1 N–H and O–H groups in total. The van der Waals surface area contributed by atoms with Crippen LogP contribution in [0.25, 0.3) is 0 Å². The number of benzene rings is 2. The molecule has 1 fully saturated rings. The van der Waals surface area contributed by atoms with E-state index >= 15 is 0 Å². The van der Waals surface area contributed by atoms with E-state index in [4.69, 9.17) is 11.6 Å². The Hall–Kier alpha value is -2.82. The molecular formula is C21H17ClFN3O2S. The van der Waals surface area contributed by atoms with E-state index in [1.807, 2.05) is 18.2 Å². The van der Waals surface area contributed by atoms with Crippen LogP contribution in [-0.2, 0) is 9.59 Å². The zero-order valence-electron chi connectivity index (χ0n) is 15.7. The van der Waals surface area contributed by atoms with Crippen molar-refractivity contribution >= 4 is 46.6 Å². The van der Waals surface area contributed by atoms with Crippen molar-refractivity contribution in [2.75, 3.05) is 16.0 Å². The summed E-state index contributed by atoms with van der Waals surface area (Å²) in [4.78, 5) is 26.5. The maximum absolute atomic E-state index is 13.3. The first-order valence-corrected chi connectivity index (χ1v) is 10.1. The van der Waals surface area contributed by atoms with Gasteiger partial charge in [0.15, 0.2) is 0 Å². The molecule has 0 atom stereocenters. The minimum Gasteiger partial charge on any atom is -0.321 e. The molecule has 148 valence electrons. The molecule has 1 aliphatic rings. The number of nitrogens with one attached hydrogen (secondary N) is 1. The summed E-state index contributed by atoms with van der Waals surface area (Å²) in [5, 5.41) is 12.2. The zero-order chi connectivity index (χ0) is 21.1. The van der Waals surface area contributed by atoms with Crippen molar-refractivity contribution in [1.29, 1.82) is 5.26 Å². The molecule has 0 spiro atoms. The average molecular weight is 430 g/mol. The molecule has 8 heteroatoms. The van der Waals surface area contributed by atoms with E-state index in [0.717, 1.165) is 23.4 Å². The molecule has 0 aliphatic carbocycles. The number of nitriles is 1. The Labute approximate surface area is 177 Å². The van der Waals surface area contributed by atoms with Gasteiger partial charge in [0, 0.05) is 11.4 Å². The number of carbonyl (C=O) groups is 2. The SMILES string of the molecule is CC(C)c1ccc(N2C(=O)CSC2=C(C#N)C(=O)Nc2ccc(F)c(Cl)c2)cc1. The molecule has 1 aliphatic heterocycles. The number of amides is 2. The molecule has 1 heterocycles. The first kappa shape index (κ1) is 20.9. The van der Waals surface area contributed by atoms with Crippen LogP contribution in [-0.4, -0.2) is 17.6 Å². The Morgan fingerprint density at radius 3 is 2.55 bits per heavy atom. The molecule has 29 heavy (non-hydrogen) atoms. The van der Waals surface area contributed by atoms with E-state index in [0.29, 0.717) is 11.6 Å². The van der Waals surface area contributed by atoms with Crippen LogP contribution in [0.4, 0.5) is 15.8 Å². The largest absolute Gasteiger partial charge is 0.321 e. The van der Waals surface area contributed by atoms with Gasteiger partial charge in [-0.2, -0.15) is 5.26 Å². The van der Waals surface area contributed by atoms with Crippen molar-refractivity contribution in [2.24, 2.45) is 0 Å². The molecule has 5 nitrogen and oxygen atoms in total. The predicted molar refractivity (Wildman–Crippen MR) is 113 cm³/mol. The highest BCUT2D eigenvalue weighted by molar-refractivity contribution is 8.04. The highest BCUT2D eigenvalue weighted by Gasteiger charge is 2.33. The third-order valence-corrected chi connectivity index (χ3v) is 5.67. The number of nitrogens with zero attached hydrogens (tertiary/aromatic N) is 2. The van der Waals surface area contributed by atoms with Gasteiger partial charge in [-0.3, -0.25) is 14.5 Å². The molecule has 0 bridgehead atoms. The van der Waals surface area contributed by atoms with Crippen molar-refractivity contribution < 1.29 is 14.0 Å². The molecular weight excluding hydrogens is 413 g/mol. The lowest BCUT2D eigenvalue weighted by Crippen LogP contribution is -2.27. The maximum atomic E-state index is 13.3. The second kappa shape index (κ2) is 8.68. The molecule has 0 radical (unpaired) electrons. The summed E-state index contributed by atoms with van der Waals surface area (Å²) in [5.74, 6) is -1.06. The van der Waals surface area contributed by atoms with Gasteiger partial charge in [-0.15, -0.1) is 0 Å². The normalized spacial score (nSPS) is 15.4. The number of rotatable bonds is 4. The van der Waals surface area contributed by atoms with Gasteiger partial charge < -0.3 is 5.32 Å². The lowest BCUT2D eigenvalue weighted by Gasteiger charge is -2.19. The summed E-state index contributed by atoms with van der Waals surface area (Å²) < 4.78 is 13.3. The zero-order valence-corrected chi connectivity index (χ0v) is 17.3. The Morgan fingerprint density at radius 1 is 1.28 bits per heavy atom. The summed E-state index contributed by atoms with van der Waals surface area (Å²) in [6.07, 6.45) is 0. The van der Waals surface area contributed by atoms with Crippen molar-refractivity contribution in [3.8, 4) is 6.07 Å². The molecule has 2 aromatic carbocycles. The second-order valence-electron chi connectivity index (χ2n) is 6.64. The van der Waals surface area contributed by atoms with Gasteiger partial charge in [-0.05, 0) is 41.8 Å². The summed E-state index contributed by atoms with van der Waals surface area (Å²) in [6, 6.07) is 13.0. The highest BCUT2D eigenvalue weighted by atomic mass is 35.5. The monoisotopic (exact) mass is 429 g/mol. The van der Waals surface area contributed by atoms with Gasteiger partial charge in [0.2, 0.25) is 5.91 Å². The van der Waals surface area contributed by atoms with Gasteiger partial charge in [-0.1, -0.05) is 49.3 Å². The molecule has 3 rings (SSSR count). The minimum atomic E-state index is -0.698. The standard InChI is InChI=1S/C21H17ClFN3O2S/c1-12(2)13-3-6-15(7-4-13)26-19(27)11-29-21(26)16(10-24)20(28)25-14-5-8-18(23)17(22)9-14/h3-9,12H,11H2,1-2H3,(H,25,28). The smallest absolute Gasteiger partial charge is 0.269 e. The lowest BCUT2D eigenvalue weighted by atomic mass is 10.0. The Balaban J connectivity index is 1.94. The van der Waals surface area contributed by atoms with E-state index < -0.39 is 11.7 Å². The molecule has 0 unspecified atom stereocenters.